The lowest BCUT2D eigenvalue weighted by Gasteiger charge is -2.32. The number of piperidine rings is 1. The van der Waals surface area contributed by atoms with Crippen molar-refractivity contribution in [2.45, 2.75) is 51.7 Å². The number of rotatable bonds is 9. The second-order valence-electron chi connectivity index (χ2n) is 8.67. The van der Waals surface area contributed by atoms with E-state index in [1.807, 2.05) is 13.0 Å². The molecule has 1 fully saturated rings. The molecule has 33 heavy (non-hydrogen) atoms. The van der Waals surface area contributed by atoms with Gasteiger partial charge in [-0.3, -0.25) is 9.69 Å². The van der Waals surface area contributed by atoms with E-state index in [1.165, 1.54) is 16.9 Å². The number of nitrogens with zero attached hydrogens (tertiary/aromatic N) is 3. The monoisotopic (exact) mass is 467 g/mol. The van der Waals surface area contributed by atoms with Gasteiger partial charge in [0.1, 0.15) is 17.0 Å². The molecule has 176 valence electrons. The number of hydrogen-bond acceptors (Lipinski definition) is 7. The molecular formula is C25H33N5O2S. The SMILES string of the molecule is CC[C@@H](COC)Nc1ncnc2sc(C(=O)NC3CCN(Cc4ccccc4)CC3)c(C)c12. The molecule has 0 bridgehead atoms. The van der Waals surface area contributed by atoms with Crippen LogP contribution in [-0.4, -0.2) is 59.7 Å². The number of methoxy groups -OCH3 is 1. The third-order valence-electron chi connectivity index (χ3n) is 6.31. The Morgan fingerprint density at radius 2 is 2.00 bits per heavy atom. The molecule has 2 N–H and O–H groups in total. The number of hydrogen-bond donors (Lipinski definition) is 2. The average Bonchev–Trinajstić information content (AvgIpc) is 3.18. The summed E-state index contributed by atoms with van der Waals surface area (Å²) in [4.78, 5) is 26.1. The number of likely N-dealkylation sites (tertiary alicyclic amines) is 1. The Balaban J connectivity index is 1.40. The number of aryl methyl sites for hydroxylation is 1. The maximum Gasteiger partial charge on any atom is 0.261 e. The number of carbonyl (C=O) groups is 1. The van der Waals surface area contributed by atoms with Gasteiger partial charge in [0.05, 0.1) is 22.9 Å². The minimum absolute atomic E-state index is 0.00751. The lowest BCUT2D eigenvalue weighted by Crippen LogP contribution is -2.44. The number of ether oxygens (including phenoxy) is 1. The van der Waals surface area contributed by atoms with Crippen LogP contribution >= 0.6 is 11.3 Å². The van der Waals surface area contributed by atoms with Crippen LogP contribution in [0.25, 0.3) is 10.2 Å². The molecule has 8 heteroatoms. The fraction of sp³-hybridized carbons (Fsp3) is 0.480. The summed E-state index contributed by atoms with van der Waals surface area (Å²) in [5, 5.41) is 7.66. The largest absolute Gasteiger partial charge is 0.383 e. The molecule has 4 rings (SSSR count). The Morgan fingerprint density at radius 3 is 2.70 bits per heavy atom. The van der Waals surface area contributed by atoms with Crippen molar-refractivity contribution in [1.29, 1.82) is 0 Å². The van der Waals surface area contributed by atoms with Crippen molar-refractivity contribution in [1.82, 2.24) is 20.2 Å². The fourth-order valence-electron chi connectivity index (χ4n) is 4.38. The highest BCUT2D eigenvalue weighted by Gasteiger charge is 2.25. The Morgan fingerprint density at radius 1 is 1.24 bits per heavy atom. The predicted molar refractivity (Wildman–Crippen MR) is 134 cm³/mol. The highest BCUT2D eigenvalue weighted by atomic mass is 32.1. The Hall–Kier alpha value is -2.55. The first-order valence-corrected chi connectivity index (χ1v) is 12.5. The van der Waals surface area contributed by atoms with E-state index in [9.17, 15) is 4.79 Å². The molecular weight excluding hydrogens is 434 g/mol. The molecule has 1 amide bonds. The summed E-state index contributed by atoms with van der Waals surface area (Å²) in [6.07, 6.45) is 4.40. The standard InChI is InChI=1S/C25H33N5O2S/c1-4-19(15-32-3)28-23-21-17(2)22(33-25(21)27-16-26-23)24(31)29-20-10-12-30(13-11-20)14-18-8-6-5-7-9-18/h5-9,16,19-20H,4,10-15H2,1-3H3,(H,29,31)(H,26,27,28)/t19-/m0/s1. The lowest BCUT2D eigenvalue weighted by molar-refractivity contribution is 0.0912. The van der Waals surface area contributed by atoms with Crippen LogP contribution in [0.1, 0.15) is 47.0 Å². The summed E-state index contributed by atoms with van der Waals surface area (Å²) in [6.45, 7) is 7.64. The van der Waals surface area contributed by atoms with Crippen LogP contribution in [0.15, 0.2) is 36.7 Å². The maximum absolute atomic E-state index is 13.2. The van der Waals surface area contributed by atoms with Crippen molar-refractivity contribution < 1.29 is 9.53 Å². The van der Waals surface area contributed by atoms with E-state index < -0.39 is 0 Å². The van der Waals surface area contributed by atoms with E-state index in [1.54, 1.807) is 13.4 Å². The Kier molecular flexibility index (Phi) is 7.90. The van der Waals surface area contributed by atoms with E-state index in [4.69, 9.17) is 4.74 Å². The average molecular weight is 468 g/mol. The third-order valence-corrected chi connectivity index (χ3v) is 7.50. The molecule has 1 aromatic carbocycles. The second kappa shape index (κ2) is 11.0. The number of carbonyl (C=O) groups excluding carboxylic acids is 1. The summed E-state index contributed by atoms with van der Waals surface area (Å²) in [7, 11) is 1.70. The molecule has 0 saturated carbocycles. The van der Waals surface area contributed by atoms with Gasteiger partial charge in [0.2, 0.25) is 0 Å². The smallest absolute Gasteiger partial charge is 0.261 e. The van der Waals surface area contributed by atoms with Crippen LogP contribution in [0.4, 0.5) is 5.82 Å². The highest BCUT2D eigenvalue weighted by Crippen LogP contribution is 2.33. The molecule has 3 aromatic rings. The fourth-order valence-corrected chi connectivity index (χ4v) is 5.43. The van der Waals surface area contributed by atoms with Crippen molar-refractivity contribution in [3.8, 4) is 0 Å². The van der Waals surface area contributed by atoms with Crippen molar-refractivity contribution >= 4 is 33.3 Å². The van der Waals surface area contributed by atoms with Crippen LogP contribution in [0.2, 0.25) is 0 Å². The number of benzene rings is 1. The minimum Gasteiger partial charge on any atom is -0.383 e. The van der Waals surface area contributed by atoms with Crippen LogP contribution in [0.3, 0.4) is 0 Å². The number of anilines is 1. The Labute approximate surface area is 199 Å². The first-order chi connectivity index (χ1) is 16.1. The molecule has 1 saturated heterocycles. The van der Waals surface area contributed by atoms with Crippen LogP contribution < -0.4 is 10.6 Å². The quantitative estimate of drug-likeness (QED) is 0.490. The third kappa shape index (κ3) is 5.69. The molecule has 1 aliphatic rings. The molecule has 0 spiro atoms. The summed E-state index contributed by atoms with van der Waals surface area (Å²) >= 11 is 1.44. The predicted octanol–water partition coefficient (Wildman–Crippen LogP) is 4.23. The van der Waals surface area contributed by atoms with Crippen molar-refractivity contribution in [2.75, 3.05) is 32.1 Å². The second-order valence-corrected chi connectivity index (χ2v) is 9.67. The summed E-state index contributed by atoms with van der Waals surface area (Å²) < 4.78 is 5.31. The van der Waals surface area contributed by atoms with Gasteiger partial charge >= 0.3 is 0 Å². The zero-order valence-corrected chi connectivity index (χ0v) is 20.5. The van der Waals surface area contributed by atoms with Gasteiger partial charge in [0.15, 0.2) is 0 Å². The number of aromatic nitrogens is 2. The summed E-state index contributed by atoms with van der Waals surface area (Å²) in [5.74, 6) is 0.762. The molecule has 2 aromatic heterocycles. The lowest BCUT2D eigenvalue weighted by atomic mass is 10.0. The number of amides is 1. The highest BCUT2D eigenvalue weighted by molar-refractivity contribution is 7.20. The van der Waals surface area contributed by atoms with E-state index in [2.05, 4.69) is 56.7 Å². The molecule has 7 nitrogen and oxygen atoms in total. The van der Waals surface area contributed by atoms with Crippen molar-refractivity contribution in [3.63, 3.8) is 0 Å². The molecule has 0 aliphatic carbocycles. The minimum atomic E-state index is -0.00751. The van der Waals surface area contributed by atoms with E-state index in [0.29, 0.717) is 6.61 Å². The van der Waals surface area contributed by atoms with Gasteiger partial charge in [-0.05, 0) is 37.3 Å². The zero-order chi connectivity index (χ0) is 23.2. The van der Waals surface area contributed by atoms with Gasteiger partial charge in [0, 0.05) is 32.8 Å². The van der Waals surface area contributed by atoms with Gasteiger partial charge in [-0.2, -0.15) is 0 Å². The normalized spacial score (nSPS) is 16.1. The number of thiophene rings is 1. The molecule has 1 aliphatic heterocycles. The van der Waals surface area contributed by atoms with Crippen LogP contribution in [-0.2, 0) is 11.3 Å². The van der Waals surface area contributed by atoms with Gasteiger partial charge in [-0.15, -0.1) is 11.3 Å². The van der Waals surface area contributed by atoms with Crippen molar-refractivity contribution in [2.24, 2.45) is 0 Å². The Bertz CT molecular complexity index is 1060. The molecule has 3 heterocycles. The van der Waals surface area contributed by atoms with Crippen LogP contribution in [0, 0.1) is 6.92 Å². The molecule has 0 radical (unpaired) electrons. The van der Waals surface area contributed by atoms with Gasteiger partial charge < -0.3 is 15.4 Å². The van der Waals surface area contributed by atoms with Gasteiger partial charge in [-0.25, -0.2) is 9.97 Å². The zero-order valence-electron chi connectivity index (χ0n) is 19.6. The van der Waals surface area contributed by atoms with E-state index in [0.717, 1.165) is 65.4 Å². The summed E-state index contributed by atoms with van der Waals surface area (Å²) in [5.41, 5.74) is 2.27. The maximum atomic E-state index is 13.2. The van der Waals surface area contributed by atoms with E-state index >= 15 is 0 Å². The van der Waals surface area contributed by atoms with Crippen molar-refractivity contribution in [3.05, 3.63) is 52.7 Å². The number of nitrogens with one attached hydrogen (secondary N) is 2. The first kappa shape index (κ1) is 23.6. The van der Waals surface area contributed by atoms with E-state index in [-0.39, 0.29) is 18.0 Å². The summed E-state index contributed by atoms with van der Waals surface area (Å²) in [6, 6.07) is 10.9. The van der Waals surface area contributed by atoms with Gasteiger partial charge in [-0.1, -0.05) is 37.3 Å². The van der Waals surface area contributed by atoms with Gasteiger partial charge in [0.25, 0.3) is 5.91 Å². The topological polar surface area (TPSA) is 79.4 Å². The first-order valence-electron chi connectivity index (χ1n) is 11.7. The van der Waals surface area contributed by atoms with Crippen LogP contribution in [0.5, 0.6) is 0 Å². The number of fused-ring (bicyclic) bond motifs is 1. The molecule has 0 unspecified atom stereocenters. The molecule has 1 atom stereocenters.